The van der Waals surface area contributed by atoms with Crippen LogP contribution in [0.4, 0.5) is 13.2 Å². The van der Waals surface area contributed by atoms with Gasteiger partial charge >= 0.3 is 6.36 Å². The molecule has 2 aliphatic heterocycles. The number of sulfonamides is 1. The zero-order valence-electron chi connectivity index (χ0n) is 32.7. The lowest BCUT2D eigenvalue weighted by Crippen LogP contribution is -2.58. The smallest absolute Gasteiger partial charge is 0.472 e. The fraction of sp³-hybridized carbons (Fsp3) is 0.463. The maximum Gasteiger partial charge on any atom is 0.573 e. The van der Waals surface area contributed by atoms with Crippen molar-refractivity contribution in [2.45, 2.75) is 106 Å². The number of carbonyl (C=O) groups is 4. The molecule has 8 rings (SSSR count). The first-order chi connectivity index (χ1) is 28.4. The third-order valence-corrected chi connectivity index (χ3v) is 14.0. The highest BCUT2D eigenvalue weighted by Gasteiger charge is 2.63. The Morgan fingerprint density at radius 3 is 2.55 bits per heavy atom. The van der Waals surface area contributed by atoms with Crippen LogP contribution in [-0.2, 0) is 24.4 Å². The number of fused-ring (bicyclic) bond motifs is 5. The van der Waals surface area contributed by atoms with Gasteiger partial charge in [0, 0.05) is 29.2 Å². The van der Waals surface area contributed by atoms with Crippen molar-refractivity contribution in [2.24, 2.45) is 5.92 Å². The minimum atomic E-state index is -4.98. The molecule has 0 unspecified atom stereocenters. The van der Waals surface area contributed by atoms with E-state index in [9.17, 15) is 40.8 Å². The second kappa shape index (κ2) is 15.4. The molecule has 5 atom stereocenters. The molecule has 0 radical (unpaired) electrons. The van der Waals surface area contributed by atoms with Crippen molar-refractivity contribution in [2.75, 3.05) is 6.54 Å². The highest BCUT2D eigenvalue weighted by atomic mass is 32.2. The predicted molar refractivity (Wildman–Crippen MR) is 209 cm³/mol. The molecule has 60 heavy (non-hydrogen) atoms. The van der Waals surface area contributed by atoms with Crippen molar-refractivity contribution in [1.82, 2.24) is 30.4 Å². The Hall–Kier alpha value is -5.72. The van der Waals surface area contributed by atoms with E-state index in [0.29, 0.717) is 60.6 Å². The van der Waals surface area contributed by atoms with E-state index in [0.717, 1.165) is 6.07 Å². The van der Waals surface area contributed by atoms with Crippen LogP contribution < -0.4 is 24.8 Å². The number of nitrogens with one attached hydrogen (secondary N) is 3. The molecule has 4 heterocycles. The summed E-state index contributed by atoms with van der Waals surface area (Å²) in [6.45, 7) is 2.92. The minimum Gasteiger partial charge on any atom is -0.472 e. The summed E-state index contributed by atoms with van der Waals surface area (Å²) in [5.74, 6) is -3.71. The van der Waals surface area contributed by atoms with E-state index in [1.807, 2.05) is 6.08 Å². The largest absolute Gasteiger partial charge is 0.573 e. The van der Waals surface area contributed by atoms with Crippen LogP contribution in [0.15, 0.2) is 65.2 Å². The molecule has 0 spiro atoms. The second-order valence-electron chi connectivity index (χ2n) is 16.2. The molecule has 15 nitrogen and oxygen atoms in total. The molecule has 4 aliphatic rings. The molecular formula is C41H43F3N6O9S. The van der Waals surface area contributed by atoms with E-state index in [1.54, 1.807) is 44.2 Å². The second-order valence-corrected chi connectivity index (χ2v) is 18.4. The number of aryl methyl sites for hydroxylation is 1. The van der Waals surface area contributed by atoms with Crippen molar-refractivity contribution in [1.29, 1.82) is 0 Å². The fourth-order valence-corrected chi connectivity index (χ4v) is 9.31. The maximum absolute atomic E-state index is 14.7. The third kappa shape index (κ3) is 8.23. The number of hydrogen-bond donors (Lipinski definition) is 3. The van der Waals surface area contributed by atoms with Gasteiger partial charge in [0.25, 0.3) is 11.8 Å². The van der Waals surface area contributed by atoms with Crippen molar-refractivity contribution in [3.63, 3.8) is 0 Å². The zero-order valence-corrected chi connectivity index (χ0v) is 33.5. The van der Waals surface area contributed by atoms with Crippen molar-refractivity contribution >= 4 is 55.3 Å². The first-order valence-electron chi connectivity index (χ1n) is 19.8. The van der Waals surface area contributed by atoms with Gasteiger partial charge in [0.05, 0.1) is 16.8 Å². The Labute approximate surface area is 342 Å². The molecule has 19 heteroatoms. The van der Waals surface area contributed by atoms with Gasteiger partial charge in [-0.2, -0.15) is 0 Å². The number of halogens is 3. The molecule has 3 N–H and O–H groups in total. The van der Waals surface area contributed by atoms with E-state index in [1.165, 1.54) is 23.1 Å². The van der Waals surface area contributed by atoms with Gasteiger partial charge < -0.3 is 29.5 Å². The summed E-state index contributed by atoms with van der Waals surface area (Å²) >= 11 is 0. The lowest BCUT2D eigenvalue weighted by molar-refractivity contribution is -0.274. The molecule has 2 aliphatic carbocycles. The Morgan fingerprint density at radius 1 is 1.03 bits per heavy atom. The number of benzene rings is 2. The van der Waals surface area contributed by atoms with E-state index in [4.69, 9.17) is 9.26 Å². The molecule has 2 aromatic carbocycles. The summed E-state index contributed by atoms with van der Waals surface area (Å²) in [6, 6.07) is 9.72. The number of para-hydroxylation sites is 1. The number of rotatable bonds is 8. The standard InChI is InChI=1S/C41H43F3N6O9S/c1-23-18-32(48-59-23)34(51)45-31-13-7-5-3-4-6-10-24-21-40(24,38(54)49-60(55,56)39(2)16-17-39)47-35(52)33-20-26(22-50(33)37(31)53)57-36-29-19-25(58-41(42,43)44)14-15-27(29)28-11-8-9-12-30(28)46-36/h6,8-12,14-15,18-19,24,26,31,33H,3-5,7,13,16-17,20-22H2,1-2H3,(H,45,51)(H,47,52)(H,49,54)/b10-6-/t24-,26-,31+,33+,40-/m1/s1. The Morgan fingerprint density at radius 2 is 1.82 bits per heavy atom. The summed E-state index contributed by atoms with van der Waals surface area (Å²) in [5.41, 5.74) is -1.22. The summed E-state index contributed by atoms with van der Waals surface area (Å²) in [5, 5.41) is 10.6. The number of allylic oxidation sites excluding steroid dienone is 1. The molecule has 2 saturated carbocycles. The molecule has 4 amide bonds. The van der Waals surface area contributed by atoms with Crippen LogP contribution in [0, 0.1) is 12.8 Å². The number of ether oxygens (including phenoxy) is 2. The Kier molecular flexibility index (Phi) is 10.5. The average Bonchev–Trinajstić information content (AvgIpc) is 3.99. The molecule has 2 aromatic heterocycles. The number of carbonyl (C=O) groups excluding carboxylic acids is 4. The molecule has 318 valence electrons. The lowest BCUT2D eigenvalue weighted by atomic mass is 10.0. The highest BCUT2D eigenvalue weighted by Crippen LogP contribution is 2.48. The van der Waals surface area contributed by atoms with E-state index in [2.05, 4.69) is 30.2 Å². The number of pyridine rings is 1. The number of alkyl halides is 3. The van der Waals surface area contributed by atoms with Crippen molar-refractivity contribution in [3.8, 4) is 11.6 Å². The SMILES string of the molecule is Cc1cc(C(=O)N[C@H]2CCCCC/C=C\[C@@H]3C[C@@]3(C(=O)NS(=O)(=O)C3(C)CC3)NC(=O)[C@@H]3C[C@@H](Oc4nc5ccccc5c5ccc(OC(F)(F)F)cc45)CN3C2=O)no1. The predicted octanol–water partition coefficient (Wildman–Crippen LogP) is 5.12. The first-order valence-corrected chi connectivity index (χ1v) is 21.3. The Bertz CT molecular complexity index is 2520. The molecule has 0 bridgehead atoms. The lowest BCUT2D eigenvalue weighted by Gasteiger charge is -2.30. The number of aromatic nitrogens is 2. The van der Waals surface area contributed by atoms with Crippen LogP contribution in [0.2, 0.25) is 0 Å². The van der Waals surface area contributed by atoms with Crippen molar-refractivity contribution < 1.29 is 54.8 Å². The van der Waals surface area contributed by atoms with Crippen LogP contribution >= 0.6 is 0 Å². The average molecular weight is 853 g/mol. The van der Waals surface area contributed by atoms with E-state index < -0.39 is 80.2 Å². The minimum absolute atomic E-state index is 0.0517. The van der Waals surface area contributed by atoms with Gasteiger partial charge in [0.1, 0.15) is 35.2 Å². The molecule has 3 fully saturated rings. The van der Waals surface area contributed by atoms with Crippen LogP contribution in [0.25, 0.3) is 21.7 Å². The molecule has 1 saturated heterocycles. The van der Waals surface area contributed by atoms with Crippen LogP contribution in [0.5, 0.6) is 11.6 Å². The van der Waals surface area contributed by atoms with E-state index >= 15 is 0 Å². The number of amides is 4. The topological polar surface area (TPSA) is 199 Å². The monoisotopic (exact) mass is 852 g/mol. The van der Waals surface area contributed by atoms with Gasteiger partial charge in [-0.15, -0.1) is 13.2 Å². The van der Waals surface area contributed by atoms with E-state index in [-0.39, 0.29) is 42.8 Å². The normalized spacial score (nSPS) is 26.2. The number of nitrogens with zero attached hydrogens (tertiary/aromatic N) is 3. The van der Waals surface area contributed by atoms with Gasteiger partial charge in [0.2, 0.25) is 27.7 Å². The summed E-state index contributed by atoms with van der Waals surface area (Å²) in [6.07, 6.45) is 1.17. The van der Waals surface area contributed by atoms with Gasteiger partial charge in [-0.05, 0) is 82.0 Å². The molecule has 4 aromatic rings. The van der Waals surface area contributed by atoms with Crippen molar-refractivity contribution in [3.05, 3.63) is 72.1 Å². The van der Waals surface area contributed by atoms with Gasteiger partial charge in [-0.25, -0.2) is 13.4 Å². The van der Waals surface area contributed by atoms with Crippen LogP contribution in [0.3, 0.4) is 0 Å². The highest BCUT2D eigenvalue weighted by molar-refractivity contribution is 7.91. The van der Waals surface area contributed by atoms with Gasteiger partial charge in [-0.3, -0.25) is 23.9 Å². The quantitative estimate of drug-likeness (QED) is 0.157. The Balaban J connectivity index is 1.14. The first kappa shape index (κ1) is 41.0. The summed E-state index contributed by atoms with van der Waals surface area (Å²) in [7, 11) is -4.08. The molecular weight excluding hydrogens is 810 g/mol. The van der Waals surface area contributed by atoms with Gasteiger partial charge in [-0.1, -0.05) is 48.3 Å². The maximum atomic E-state index is 14.7. The summed E-state index contributed by atoms with van der Waals surface area (Å²) < 4.78 is 83.2. The number of hydrogen-bond acceptors (Lipinski definition) is 11. The van der Waals surface area contributed by atoms with Crippen LogP contribution in [-0.4, -0.2) is 88.5 Å². The van der Waals surface area contributed by atoms with Gasteiger partial charge in [0.15, 0.2) is 5.69 Å². The van der Waals surface area contributed by atoms with Crippen LogP contribution in [0.1, 0.15) is 81.0 Å². The zero-order chi connectivity index (χ0) is 42.6. The fourth-order valence-electron chi connectivity index (χ4n) is 8.00. The third-order valence-electron chi connectivity index (χ3n) is 11.8. The summed E-state index contributed by atoms with van der Waals surface area (Å²) in [4.78, 5) is 62.4.